The van der Waals surface area contributed by atoms with E-state index in [9.17, 15) is 4.79 Å². The Hall–Kier alpha value is -2.81. The van der Waals surface area contributed by atoms with Crippen LogP contribution >= 0.6 is 11.6 Å². The average molecular weight is 429 g/mol. The second-order valence-electron chi connectivity index (χ2n) is 7.40. The van der Waals surface area contributed by atoms with Crippen LogP contribution in [0.4, 0.5) is 0 Å². The lowest BCUT2D eigenvalue weighted by Gasteiger charge is -2.13. The normalized spacial score (nSPS) is 14.7. The molecular formula is C20H25ClN8O. The molecule has 0 radical (unpaired) electrons. The van der Waals surface area contributed by atoms with Crippen LogP contribution in [0.25, 0.3) is 11.4 Å². The standard InChI is InChI=1S/C20H25ClN8O/c1-2-16(29-26-19(25-27-29)14-7-9-15(21)10-8-14)20(30)22-12-11-18-24-23-17-6-4-3-5-13-28(17)18/h7-10,16H,2-6,11-13H2,1H3,(H,22,30). The van der Waals surface area contributed by atoms with Crippen LogP contribution in [0.15, 0.2) is 24.3 Å². The zero-order valence-corrected chi connectivity index (χ0v) is 17.7. The third-order valence-electron chi connectivity index (χ3n) is 5.33. The first-order chi connectivity index (χ1) is 14.7. The Kier molecular flexibility index (Phi) is 6.37. The maximum Gasteiger partial charge on any atom is 0.246 e. The molecule has 30 heavy (non-hydrogen) atoms. The van der Waals surface area contributed by atoms with Gasteiger partial charge in [-0.05, 0) is 48.7 Å². The molecule has 2 aromatic heterocycles. The smallest absolute Gasteiger partial charge is 0.246 e. The lowest BCUT2D eigenvalue weighted by atomic mass is 10.2. The van der Waals surface area contributed by atoms with Crippen molar-refractivity contribution in [3.8, 4) is 11.4 Å². The maximum atomic E-state index is 12.7. The Labute approximate surface area is 179 Å². The number of fused-ring (bicyclic) bond motifs is 1. The Morgan fingerprint density at radius 2 is 2.00 bits per heavy atom. The van der Waals surface area contributed by atoms with Crippen LogP contribution in [0.5, 0.6) is 0 Å². The van der Waals surface area contributed by atoms with Gasteiger partial charge in [-0.3, -0.25) is 4.79 Å². The van der Waals surface area contributed by atoms with E-state index < -0.39 is 6.04 Å². The SMILES string of the molecule is CCC(C(=O)NCCc1nnc2n1CCCCC2)n1nnc(-c2ccc(Cl)cc2)n1. The molecule has 0 fully saturated rings. The summed E-state index contributed by atoms with van der Waals surface area (Å²) in [7, 11) is 0. The fourth-order valence-electron chi connectivity index (χ4n) is 3.67. The first kappa shape index (κ1) is 20.5. The van der Waals surface area contributed by atoms with Gasteiger partial charge in [0.2, 0.25) is 11.7 Å². The van der Waals surface area contributed by atoms with Gasteiger partial charge in [0.25, 0.3) is 0 Å². The Bertz CT molecular complexity index is 997. The molecule has 1 atom stereocenters. The van der Waals surface area contributed by atoms with Crippen LogP contribution in [-0.4, -0.2) is 47.4 Å². The molecular weight excluding hydrogens is 404 g/mol. The number of halogens is 1. The minimum absolute atomic E-state index is 0.131. The average Bonchev–Trinajstić information content (AvgIpc) is 3.30. The van der Waals surface area contributed by atoms with Crippen molar-refractivity contribution in [1.82, 2.24) is 40.3 Å². The van der Waals surface area contributed by atoms with Gasteiger partial charge in [-0.1, -0.05) is 24.9 Å². The Balaban J connectivity index is 1.37. The van der Waals surface area contributed by atoms with Gasteiger partial charge >= 0.3 is 0 Å². The highest BCUT2D eigenvalue weighted by Gasteiger charge is 2.22. The topological polar surface area (TPSA) is 103 Å². The van der Waals surface area contributed by atoms with Crippen molar-refractivity contribution in [2.24, 2.45) is 0 Å². The summed E-state index contributed by atoms with van der Waals surface area (Å²) in [5, 5.41) is 24.8. The lowest BCUT2D eigenvalue weighted by Crippen LogP contribution is -2.35. The largest absolute Gasteiger partial charge is 0.354 e. The number of rotatable bonds is 7. The van der Waals surface area contributed by atoms with Crippen molar-refractivity contribution in [1.29, 1.82) is 0 Å². The second-order valence-corrected chi connectivity index (χ2v) is 7.84. The minimum atomic E-state index is -0.519. The summed E-state index contributed by atoms with van der Waals surface area (Å²) in [6.45, 7) is 3.37. The number of tetrazole rings is 1. The summed E-state index contributed by atoms with van der Waals surface area (Å²) in [4.78, 5) is 14.1. The van der Waals surface area contributed by atoms with Gasteiger partial charge in [0.1, 0.15) is 11.6 Å². The highest BCUT2D eigenvalue weighted by molar-refractivity contribution is 6.30. The van der Waals surface area contributed by atoms with E-state index in [2.05, 4.69) is 35.5 Å². The Morgan fingerprint density at radius 1 is 1.17 bits per heavy atom. The lowest BCUT2D eigenvalue weighted by molar-refractivity contribution is -0.125. The van der Waals surface area contributed by atoms with E-state index in [4.69, 9.17) is 11.6 Å². The van der Waals surface area contributed by atoms with Gasteiger partial charge < -0.3 is 9.88 Å². The van der Waals surface area contributed by atoms with E-state index in [0.717, 1.165) is 43.0 Å². The number of aromatic nitrogens is 7. The summed E-state index contributed by atoms with van der Waals surface area (Å²) in [5.74, 6) is 2.32. The van der Waals surface area contributed by atoms with Gasteiger partial charge in [0.15, 0.2) is 6.04 Å². The van der Waals surface area contributed by atoms with Crippen LogP contribution < -0.4 is 5.32 Å². The monoisotopic (exact) mass is 428 g/mol. The fourth-order valence-corrected chi connectivity index (χ4v) is 3.80. The number of hydrogen-bond donors (Lipinski definition) is 1. The molecule has 4 rings (SSSR count). The van der Waals surface area contributed by atoms with Crippen LogP contribution in [-0.2, 0) is 24.2 Å². The summed E-state index contributed by atoms with van der Waals surface area (Å²) >= 11 is 5.93. The molecule has 3 heterocycles. The van der Waals surface area contributed by atoms with Crippen LogP contribution in [0, 0.1) is 0 Å². The third kappa shape index (κ3) is 4.51. The van der Waals surface area contributed by atoms with Crippen molar-refractivity contribution in [3.63, 3.8) is 0 Å². The van der Waals surface area contributed by atoms with Crippen LogP contribution in [0.1, 0.15) is 50.3 Å². The third-order valence-corrected chi connectivity index (χ3v) is 5.58. The van der Waals surface area contributed by atoms with Gasteiger partial charge in [0, 0.05) is 36.5 Å². The van der Waals surface area contributed by atoms with E-state index in [1.165, 1.54) is 11.2 Å². The highest BCUT2D eigenvalue weighted by atomic mass is 35.5. The van der Waals surface area contributed by atoms with Gasteiger partial charge in [0.05, 0.1) is 0 Å². The summed E-state index contributed by atoms with van der Waals surface area (Å²) in [6, 6.07) is 6.67. The first-order valence-electron chi connectivity index (χ1n) is 10.4. The minimum Gasteiger partial charge on any atom is -0.354 e. The number of amides is 1. The summed E-state index contributed by atoms with van der Waals surface area (Å²) in [5.41, 5.74) is 0.799. The fraction of sp³-hybridized carbons (Fsp3) is 0.500. The summed E-state index contributed by atoms with van der Waals surface area (Å²) < 4.78 is 2.20. The first-order valence-corrected chi connectivity index (χ1v) is 10.8. The predicted octanol–water partition coefficient (Wildman–Crippen LogP) is 2.62. The van der Waals surface area contributed by atoms with Crippen LogP contribution in [0.3, 0.4) is 0 Å². The molecule has 10 heteroatoms. The molecule has 1 unspecified atom stereocenters. The van der Waals surface area contributed by atoms with E-state index in [0.29, 0.717) is 30.2 Å². The molecule has 0 aliphatic carbocycles. The molecule has 1 aromatic carbocycles. The van der Waals surface area contributed by atoms with Gasteiger partial charge in [-0.25, -0.2) is 0 Å². The molecule has 158 valence electrons. The number of benzene rings is 1. The number of aryl methyl sites for hydroxylation is 1. The Morgan fingerprint density at radius 3 is 2.80 bits per heavy atom. The molecule has 3 aromatic rings. The number of carbonyl (C=O) groups excluding carboxylic acids is 1. The molecule has 0 saturated carbocycles. The zero-order chi connectivity index (χ0) is 20.9. The van der Waals surface area contributed by atoms with Crippen molar-refractivity contribution in [3.05, 3.63) is 40.9 Å². The molecule has 0 bridgehead atoms. The van der Waals surface area contributed by atoms with E-state index in [1.54, 1.807) is 12.1 Å². The maximum absolute atomic E-state index is 12.7. The molecule has 1 amide bonds. The number of carbonyl (C=O) groups is 1. The second kappa shape index (κ2) is 9.34. The van der Waals surface area contributed by atoms with E-state index >= 15 is 0 Å². The zero-order valence-electron chi connectivity index (χ0n) is 17.0. The number of nitrogens with zero attached hydrogens (tertiary/aromatic N) is 7. The molecule has 9 nitrogen and oxygen atoms in total. The van der Waals surface area contributed by atoms with Gasteiger partial charge in [-0.2, -0.15) is 4.80 Å². The summed E-state index contributed by atoms with van der Waals surface area (Å²) in [6.07, 6.45) is 5.72. The molecule has 1 aliphatic rings. The van der Waals surface area contributed by atoms with Crippen molar-refractivity contribution < 1.29 is 4.79 Å². The van der Waals surface area contributed by atoms with Crippen molar-refractivity contribution in [2.75, 3.05) is 6.54 Å². The number of nitrogens with one attached hydrogen (secondary N) is 1. The molecule has 1 N–H and O–H groups in total. The van der Waals surface area contributed by atoms with E-state index in [-0.39, 0.29) is 5.91 Å². The molecule has 0 saturated heterocycles. The van der Waals surface area contributed by atoms with Crippen molar-refractivity contribution in [2.45, 2.75) is 58.0 Å². The van der Waals surface area contributed by atoms with Gasteiger partial charge in [-0.15, -0.1) is 20.4 Å². The van der Waals surface area contributed by atoms with Crippen molar-refractivity contribution >= 4 is 17.5 Å². The quantitative estimate of drug-likeness (QED) is 0.620. The van der Waals surface area contributed by atoms with E-state index in [1.807, 2.05) is 19.1 Å². The molecule has 0 spiro atoms. The predicted molar refractivity (Wildman–Crippen MR) is 112 cm³/mol. The number of hydrogen-bond acceptors (Lipinski definition) is 6. The molecule has 1 aliphatic heterocycles. The highest BCUT2D eigenvalue weighted by Crippen LogP contribution is 2.19. The van der Waals surface area contributed by atoms with Crippen LogP contribution in [0.2, 0.25) is 5.02 Å².